The van der Waals surface area contributed by atoms with E-state index >= 15 is 0 Å². The van der Waals surface area contributed by atoms with Crippen LogP contribution in [0.25, 0.3) is 11.3 Å². The van der Waals surface area contributed by atoms with E-state index in [2.05, 4.69) is 32.0 Å². The fourth-order valence-corrected chi connectivity index (χ4v) is 1.51. The summed E-state index contributed by atoms with van der Waals surface area (Å²) in [6.45, 7) is 6.22. The molecule has 0 atom stereocenters. The van der Waals surface area contributed by atoms with Crippen LogP contribution in [0.5, 0.6) is 0 Å². The highest BCUT2D eigenvalue weighted by atomic mass is 16.5. The van der Waals surface area contributed by atoms with Crippen molar-refractivity contribution in [2.45, 2.75) is 26.2 Å². The van der Waals surface area contributed by atoms with E-state index in [1.54, 1.807) is 6.07 Å². The molecule has 0 bridgehead atoms. The lowest BCUT2D eigenvalue weighted by atomic mass is 9.93. The number of nitrogens with zero attached hydrogens (tertiary/aromatic N) is 2. The monoisotopic (exact) mass is 226 g/mol. The molecule has 1 aromatic carbocycles. The van der Waals surface area contributed by atoms with Gasteiger partial charge in [-0.3, -0.25) is 0 Å². The Labute approximate surface area is 101 Å². The number of aromatic nitrogens is 1. The highest BCUT2D eigenvalue weighted by molar-refractivity contribution is 5.61. The summed E-state index contributed by atoms with van der Waals surface area (Å²) in [7, 11) is 0. The normalized spacial score (nSPS) is 11.2. The zero-order valence-corrected chi connectivity index (χ0v) is 10.2. The lowest BCUT2D eigenvalue weighted by molar-refractivity contribution is 0.330. The molecule has 17 heavy (non-hydrogen) atoms. The van der Waals surface area contributed by atoms with Crippen LogP contribution < -0.4 is 0 Å². The standard InChI is InChI=1S/C14H14N2O/c1-14(2,3)13-8-12(16-17-13)11-6-4-5-10(7-11)9-15/h4-8H,1-3H3. The average molecular weight is 226 g/mol. The summed E-state index contributed by atoms with van der Waals surface area (Å²) in [6.07, 6.45) is 0. The van der Waals surface area contributed by atoms with Gasteiger partial charge in [-0.2, -0.15) is 5.26 Å². The van der Waals surface area contributed by atoms with Crippen LogP contribution in [0.15, 0.2) is 34.9 Å². The van der Waals surface area contributed by atoms with Gasteiger partial charge in [0.25, 0.3) is 0 Å². The number of benzene rings is 1. The summed E-state index contributed by atoms with van der Waals surface area (Å²) in [4.78, 5) is 0. The van der Waals surface area contributed by atoms with Crippen LogP contribution in [-0.2, 0) is 5.41 Å². The molecule has 0 aliphatic heterocycles. The molecule has 1 aromatic heterocycles. The van der Waals surface area contributed by atoms with E-state index in [1.807, 2.05) is 24.3 Å². The summed E-state index contributed by atoms with van der Waals surface area (Å²) in [6, 6.07) is 11.4. The van der Waals surface area contributed by atoms with Crippen LogP contribution in [0, 0.1) is 11.3 Å². The van der Waals surface area contributed by atoms with Crippen LogP contribution in [0.2, 0.25) is 0 Å². The predicted octanol–water partition coefficient (Wildman–Crippen LogP) is 3.51. The smallest absolute Gasteiger partial charge is 0.142 e. The zero-order valence-electron chi connectivity index (χ0n) is 10.2. The Kier molecular flexibility index (Phi) is 2.72. The SMILES string of the molecule is CC(C)(C)c1cc(-c2cccc(C#N)c2)no1. The molecular formula is C14H14N2O. The van der Waals surface area contributed by atoms with Crippen LogP contribution in [-0.4, -0.2) is 5.16 Å². The first-order chi connectivity index (χ1) is 8.00. The Bertz CT molecular complexity index is 570. The van der Waals surface area contributed by atoms with Crippen molar-refractivity contribution < 1.29 is 4.52 Å². The van der Waals surface area contributed by atoms with Gasteiger partial charge >= 0.3 is 0 Å². The van der Waals surface area contributed by atoms with Gasteiger partial charge in [-0.1, -0.05) is 38.1 Å². The minimum atomic E-state index is -0.0575. The second-order valence-electron chi connectivity index (χ2n) is 5.02. The molecule has 0 radical (unpaired) electrons. The van der Waals surface area contributed by atoms with Crippen molar-refractivity contribution in [1.29, 1.82) is 5.26 Å². The molecule has 0 saturated heterocycles. The molecule has 0 amide bonds. The lowest BCUT2D eigenvalue weighted by Crippen LogP contribution is -2.09. The van der Waals surface area contributed by atoms with Crippen molar-refractivity contribution in [3.05, 3.63) is 41.7 Å². The Morgan fingerprint density at radius 3 is 2.59 bits per heavy atom. The molecule has 2 aromatic rings. The molecule has 0 saturated carbocycles. The molecule has 86 valence electrons. The maximum absolute atomic E-state index is 8.85. The van der Waals surface area contributed by atoms with E-state index in [1.165, 1.54) is 0 Å². The molecule has 3 heteroatoms. The Hall–Kier alpha value is -2.08. The quantitative estimate of drug-likeness (QED) is 0.747. The fraction of sp³-hybridized carbons (Fsp3) is 0.286. The van der Waals surface area contributed by atoms with Gasteiger partial charge in [-0.25, -0.2) is 0 Å². The van der Waals surface area contributed by atoms with Gasteiger partial charge in [0, 0.05) is 17.0 Å². The second-order valence-corrected chi connectivity index (χ2v) is 5.02. The second kappa shape index (κ2) is 4.06. The van der Waals surface area contributed by atoms with Crippen molar-refractivity contribution >= 4 is 0 Å². The summed E-state index contributed by atoms with van der Waals surface area (Å²) in [5, 5.41) is 12.9. The van der Waals surface area contributed by atoms with Crippen LogP contribution in [0.4, 0.5) is 0 Å². The van der Waals surface area contributed by atoms with Gasteiger partial charge in [0.1, 0.15) is 11.5 Å². The molecule has 2 rings (SSSR count). The van der Waals surface area contributed by atoms with Crippen molar-refractivity contribution in [3.8, 4) is 17.3 Å². The van der Waals surface area contributed by atoms with E-state index < -0.39 is 0 Å². The lowest BCUT2D eigenvalue weighted by Gasteiger charge is -2.12. The summed E-state index contributed by atoms with van der Waals surface area (Å²) >= 11 is 0. The van der Waals surface area contributed by atoms with Crippen LogP contribution in [0.3, 0.4) is 0 Å². The Balaban J connectivity index is 2.41. The fourth-order valence-electron chi connectivity index (χ4n) is 1.51. The third kappa shape index (κ3) is 2.36. The van der Waals surface area contributed by atoms with Crippen molar-refractivity contribution in [1.82, 2.24) is 5.16 Å². The van der Waals surface area contributed by atoms with Gasteiger partial charge < -0.3 is 4.52 Å². The van der Waals surface area contributed by atoms with E-state index in [-0.39, 0.29) is 5.41 Å². The Morgan fingerprint density at radius 1 is 1.24 bits per heavy atom. The van der Waals surface area contributed by atoms with Gasteiger partial charge in [0.05, 0.1) is 11.6 Å². The highest BCUT2D eigenvalue weighted by Gasteiger charge is 2.20. The molecule has 0 aliphatic carbocycles. The zero-order chi connectivity index (χ0) is 12.5. The number of nitriles is 1. The minimum Gasteiger partial charge on any atom is -0.360 e. The summed E-state index contributed by atoms with van der Waals surface area (Å²) in [5.41, 5.74) is 2.25. The summed E-state index contributed by atoms with van der Waals surface area (Å²) < 4.78 is 5.32. The predicted molar refractivity (Wildman–Crippen MR) is 65.4 cm³/mol. The van der Waals surface area contributed by atoms with Crippen LogP contribution >= 0.6 is 0 Å². The van der Waals surface area contributed by atoms with E-state index in [4.69, 9.17) is 9.78 Å². The average Bonchev–Trinajstić information content (AvgIpc) is 2.78. The van der Waals surface area contributed by atoms with Crippen molar-refractivity contribution in [2.24, 2.45) is 0 Å². The van der Waals surface area contributed by atoms with Gasteiger partial charge in [-0.05, 0) is 12.1 Å². The van der Waals surface area contributed by atoms with E-state index in [9.17, 15) is 0 Å². The van der Waals surface area contributed by atoms with Crippen molar-refractivity contribution in [3.63, 3.8) is 0 Å². The molecule has 0 unspecified atom stereocenters. The van der Waals surface area contributed by atoms with E-state index in [0.717, 1.165) is 17.0 Å². The Morgan fingerprint density at radius 2 is 2.00 bits per heavy atom. The molecule has 0 aliphatic rings. The maximum atomic E-state index is 8.85. The third-order valence-corrected chi connectivity index (χ3v) is 2.54. The van der Waals surface area contributed by atoms with Crippen LogP contribution in [0.1, 0.15) is 32.1 Å². The number of hydrogen-bond acceptors (Lipinski definition) is 3. The number of rotatable bonds is 1. The molecule has 0 spiro atoms. The first-order valence-electron chi connectivity index (χ1n) is 5.48. The third-order valence-electron chi connectivity index (χ3n) is 2.54. The maximum Gasteiger partial charge on any atom is 0.142 e. The summed E-state index contributed by atoms with van der Waals surface area (Å²) in [5.74, 6) is 0.842. The molecule has 1 heterocycles. The number of hydrogen-bond donors (Lipinski definition) is 0. The molecule has 0 N–H and O–H groups in total. The van der Waals surface area contributed by atoms with Crippen molar-refractivity contribution in [2.75, 3.05) is 0 Å². The van der Waals surface area contributed by atoms with Gasteiger partial charge in [0.2, 0.25) is 0 Å². The largest absolute Gasteiger partial charge is 0.360 e. The molecule has 0 fully saturated rings. The highest BCUT2D eigenvalue weighted by Crippen LogP contribution is 2.27. The van der Waals surface area contributed by atoms with Gasteiger partial charge in [-0.15, -0.1) is 0 Å². The minimum absolute atomic E-state index is 0.0575. The first-order valence-corrected chi connectivity index (χ1v) is 5.48. The van der Waals surface area contributed by atoms with E-state index in [0.29, 0.717) is 5.56 Å². The van der Waals surface area contributed by atoms with Gasteiger partial charge in [0.15, 0.2) is 0 Å². The molecule has 3 nitrogen and oxygen atoms in total. The molecular weight excluding hydrogens is 212 g/mol. The first kappa shape index (κ1) is 11.4. The topological polar surface area (TPSA) is 49.8 Å².